The van der Waals surface area contributed by atoms with Gasteiger partial charge in [-0.2, -0.15) is 0 Å². The number of rotatable bonds is 3. The summed E-state index contributed by atoms with van der Waals surface area (Å²) in [7, 11) is 1.84. The molecule has 2 fully saturated rings. The average molecular weight is 449 g/mol. The van der Waals surface area contributed by atoms with Crippen LogP contribution >= 0.6 is 24.0 Å². The SMILES string of the molecule is CN=C(NCC1COCCO1)N1CCC(C)C(n2ccnc2)C1.I. The van der Waals surface area contributed by atoms with Gasteiger partial charge in [0.05, 0.1) is 38.3 Å². The molecule has 136 valence electrons. The number of nitrogens with one attached hydrogen (secondary N) is 1. The molecular formula is C16H28IN5O2. The predicted octanol–water partition coefficient (Wildman–Crippen LogP) is 1.37. The molecule has 2 aliphatic heterocycles. The molecule has 0 radical (unpaired) electrons. The Kier molecular flexibility index (Phi) is 7.76. The number of aromatic nitrogens is 2. The Morgan fingerprint density at radius 2 is 2.29 bits per heavy atom. The quantitative estimate of drug-likeness (QED) is 0.429. The summed E-state index contributed by atoms with van der Waals surface area (Å²) in [5.41, 5.74) is 0. The van der Waals surface area contributed by atoms with Crippen molar-refractivity contribution in [2.75, 3.05) is 46.5 Å². The zero-order valence-electron chi connectivity index (χ0n) is 14.4. The van der Waals surface area contributed by atoms with Gasteiger partial charge in [-0.3, -0.25) is 4.99 Å². The molecule has 0 bridgehead atoms. The van der Waals surface area contributed by atoms with Crippen molar-refractivity contribution in [3.8, 4) is 0 Å². The van der Waals surface area contributed by atoms with Gasteiger partial charge in [0, 0.05) is 39.1 Å². The number of nitrogens with zero attached hydrogens (tertiary/aromatic N) is 4. The highest BCUT2D eigenvalue weighted by Crippen LogP contribution is 2.27. The molecule has 1 N–H and O–H groups in total. The Morgan fingerprint density at radius 1 is 1.42 bits per heavy atom. The first-order valence-corrected chi connectivity index (χ1v) is 8.40. The average Bonchev–Trinajstić information content (AvgIpc) is 3.12. The van der Waals surface area contributed by atoms with Gasteiger partial charge in [-0.05, 0) is 12.3 Å². The number of guanidine groups is 1. The third-order valence-corrected chi connectivity index (χ3v) is 4.71. The third kappa shape index (κ3) is 4.82. The molecule has 24 heavy (non-hydrogen) atoms. The highest BCUT2D eigenvalue weighted by molar-refractivity contribution is 14.0. The lowest BCUT2D eigenvalue weighted by atomic mass is 9.93. The van der Waals surface area contributed by atoms with Crippen molar-refractivity contribution in [1.82, 2.24) is 19.8 Å². The molecule has 8 heteroatoms. The molecular weight excluding hydrogens is 421 g/mol. The highest BCUT2D eigenvalue weighted by atomic mass is 127. The van der Waals surface area contributed by atoms with E-state index in [0.29, 0.717) is 31.8 Å². The van der Waals surface area contributed by atoms with Crippen LogP contribution in [-0.4, -0.2) is 73.0 Å². The number of ether oxygens (including phenoxy) is 2. The van der Waals surface area contributed by atoms with Gasteiger partial charge in [-0.15, -0.1) is 24.0 Å². The van der Waals surface area contributed by atoms with Gasteiger partial charge >= 0.3 is 0 Å². The number of imidazole rings is 1. The molecule has 2 aliphatic rings. The van der Waals surface area contributed by atoms with E-state index in [0.717, 1.165) is 32.0 Å². The molecule has 0 saturated carbocycles. The summed E-state index contributed by atoms with van der Waals surface area (Å²) in [5.74, 6) is 1.57. The number of hydrogen-bond acceptors (Lipinski definition) is 4. The van der Waals surface area contributed by atoms with Crippen molar-refractivity contribution in [1.29, 1.82) is 0 Å². The molecule has 0 spiro atoms. The van der Waals surface area contributed by atoms with Crippen LogP contribution in [0, 0.1) is 5.92 Å². The number of aliphatic imine (C=N–C) groups is 1. The maximum absolute atomic E-state index is 5.68. The largest absolute Gasteiger partial charge is 0.376 e. The Bertz CT molecular complexity index is 505. The van der Waals surface area contributed by atoms with Crippen molar-refractivity contribution in [3.63, 3.8) is 0 Å². The Morgan fingerprint density at radius 3 is 2.96 bits per heavy atom. The monoisotopic (exact) mass is 449 g/mol. The Hall–Kier alpha value is -0.870. The molecule has 3 atom stereocenters. The molecule has 2 saturated heterocycles. The van der Waals surface area contributed by atoms with Crippen LogP contribution in [0.15, 0.2) is 23.7 Å². The van der Waals surface area contributed by atoms with Crippen LogP contribution in [0.1, 0.15) is 19.4 Å². The lowest BCUT2D eigenvalue weighted by Gasteiger charge is -2.39. The first-order valence-electron chi connectivity index (χ1n) is 8.40. The molecule has 0 amide bonds. The second kappa shape index (κ2) is 9.57. The predicted molar refractivity (Wildman–Crippen MR) is 104 cm³/mol. The van der Waals surface area contributed by atoms with Crippen molar-refractivity contribution in [2.45, 2.75) is 25.5 Å². The fraction of sp³-hybridized carbons (Fsp3) is 0.750. The van der Waals surface area contributed by atoms with Gasteiger partial charge in [0.15, 0.2) is 5.96 Å². The van der Waals surface area contributed by atoms with Crippen LogP contribution in [0.3, 0.4) is 0 Å². The van der Waals surface area contributed by atoms with Crippen molar-refractivity contribution >= 4 is 29.9 Å². The van der Waals surface area contributed by atoms with Gasteiger partial charge in [-0.25, -0.2) is 4.98 Å². The minimum absolute atomic E-state index is 0. The topological polar surface area (TPSA) is 63.9 Å². The fourth-order valence-corrected chi connectivity index (χ4v) is 3.29. The van der Waals surface area contributed by atoms with E-state index in [2.05, 4.69) is 31.7 Å². The normalized spacial score (nSPS) is 28.3. The van der Waals surface area contributed by atoms with E-state index in [-0.39, 0.29) is 30.1 Å². The molecule has 3 unspecified atom stereocenters. The third-order valence-electron chi connectivity index (χ3n) is 4.71. The molecule has 7 nitrogen and oxygen atoms in total. The summed E-state index contributed by atoms with van der Waals surface area (Å²) < 4.78 is 13.3. The van der Waals surface area contributed by atoms with Crippen molar-refractivity contribution in [2.24, 2.45) is 10.9 Å². The molecule has 1 aromatic rings. The van der Waals surface area contributed by atoms with E-state index in [1.165, 1.54) is 0 Å². The molecule has 1 aromatic heterocycles. The van der Waals surface area contributed by atoms with E-state index in [1.807, 2.05) is 25.8 Å². The van der Waals surface area contributed by atoms with Crippen molar-refractivity contribution in [3.05, 3.63) is 18.7 Å². The van der Waals surface area contributed by atoms with Crippen LogP contribution in [0.4, 0.5) is 0 Å². The highest BCUT2D eigenvalue weighted by Gasteiger charge is 2.29. The van der Waals surface area contributed by atoms with Gasteiger partial charge < -0.3 is 24.3 Å². The maximum atomic E-state index is 5.68. The van der Waals surface area contributed by atoms with Gasteiger partial charge in [0.1, 0.15) is 0 Å². The standard InChI is InChI=1S/C16H27N5O2.HI/c1-13-3-5-20(10-15(13)21-6-4-18-12-21)16(17-2)19-9-14-11-22-7-8-23-14;/h4,6,12-15H,3,5,7-11H2,1-2H3,(H,17,19);1H. The number of likely N-dealkylation sites (tertiary alicyclic amines) is 1. The number of piperidine rings is 1. The Labute approximate surface area is 160 Å². The van der Waals surface area contributed by atoms with Crippen LogP contribution in [0.2, 0.25) is 0 Å². The summed E-state index contributed by atoms with van der Waals surface area (Å²) >= 11 is 0. The smallest absolute Gasteiger partial charge is 0.193 e. The van der Waals surface area contributed by atoms with E-state index < -0.39 is 0 Å². The van der Waals surface area contributed by atoms with E-state index in [9.17, 15) is 0 Å². The summed E-state index contributed by atoms with van der Waals surface area (Å²) in [6.45, 7) is 7.03. The van der Waals surface area contributed by atoms with Crippen molar-refractivity contribution < 1.29 is 9.47 Å². The summed E-state index contributed by atoms with van der Waals surface area (Å²) in [5, 5.41) is 3.44. The van der Waals surface area contributed by atoms with E-state index in [1.54, 1.807) is 0 Å². The first kappa shape index (κ1) is 19.5. The number of hydrogen-bond donors (Lipinski definition) is 1. The Balaban J connectivity index is 0.00000208. The van der Waals surface area contributed by atoms with Crippen LogP contribution < -0.4 is 5.32 Å². The maximum Gasteiger partial charge on any atom is 0.193 e. The lowest BCUT2D eigenvalue weighted by Crippen LogP contribution is -2.51. The zero-order chi connectivity index (χ0) is 16.1. The lowest BCUT2D eigenvalue weighted by molar-refractivity contribution is -0.0852. The van der Waals surface area contributed by atoms with E-state index in [4.69, 9.17) is 9.47 Å². The molecule has 0 aliphatic carbocycles. The molecule has 3 heterocycles. The molecule has 3 rings (SSSR count). The summed E-state index contributed by atoms with van der Waals surface area (Å²) in [6.07, 6.45) is 7.06. The van der Waals surface area contributed by atoms with Crippen LogP contribution in [-0.2, 0) is 9.47 Å². The fourth-order valence-electron chi connectivity index (χ4n) is 3.29. The minimum atomic E-state index is 0. The van der Waals surface area contributed by atoms with Gasteiger partial charge in [0.2, 0.25) is 0 Å². The molecule has 0 aromatic carbocycles. The first-order chi connectivity index (χ1) is 11.3. The van der Waals surface area contributed by atoms with Gasteiger partial charge in [0.25, 0.3) is 0 Å². The summed E-state index contributed by atoms with van der Waals surface area (Å²) in [6, 6.07) is 0.430. The van der Waals surface area contributed by atoms with Crippen LogP contribution in [0.5, 0.6) is 0 Å². The second-order valence-corrected chi connectivity index (χ2v) is 6.29. The second-order valence-electron chi connectivity index (χ2n) is 6.29. The minimum Gasteiger partial charge on any atom is -0.376 e. The van der Waals surface area contributed by atoms with Crippen LogP contribution in [0.25, 0.3) is 0 Å². The van der Waals surface area contributed by atoms with Gasteiger partial charge in [-0.1, -0.05) is 6.92 Å². The van der Waals surface area contributed by atoms with E-state index >= 15 is 0 Å². The number of halogens is 1. The zero-order valence-corrected chi connectivity index (χ0v) is 16.8. The summed E-state index contributed by atoms with van der Waals surface area (Å²) in [4.78, 5) is 11.0.